The Hall–Kier alpha value is -4.55. The van der Waals surface area contributed by atoms with Crippen molar-refractivity contribution in [3.05, 3.63) is 123 Å². The summed E-state index contributed by atoms with van der Waals surface area (Å²) < 4.78 is 33.7. The van der Waals surface area contributed by atoms with Gasteiger partial charge in [-0.3, -0.25) is 20.2 Å². The van der Waals surface area contributed by atoms with Gasteiger partial charge in [0.2, 0.25) is 5.75 Å². The molecular formula is C30H30N2O8SSi. The van der Waals surface area contributed by atoms with E-state index in [9.17, 15) is 33.8 Å². The molecule has 0 unspecified atom stereocenters. The number of aromatic hydroxyl groups is 1. The van der Waals surface area contributed by atoms with Crippen molar-refractivity contribution in [2.24, 2.45) is 0 Å². The summed E-state index contributed by atoms with van der Waals surface area (Å²) in [5, 5.41) is 35.1. The zero-order valence-electron chi connectivity index (χ0n) is 23.3. The van der Waals surface area contributed by atoms with Crippen LogP contribution in [0.2, 0.25) is 5.04 Å². The smallest absolute Gasteiger partial charge is 0.320 e. The largest absolute Gasteiger partial charge is 0.531 e. The van der Waals surface area contributed by atoms with E-state index in [1.165, 1.54) is 24.3 Å². The Morgan fingerprint density at radius 2 is 1.33 bits per heavy atom. The lowest BCUT2D eigenvalue weighted by atomic mass is 10.1. The van der Waals surface area contributed by atoms with Gasteiger partial charge in [-0.15, -0.1) is 0 Å². The molecule has 0 saturated carbocycles. The van der Waals surface area contributed by atoms with Crippen molar-refractivity contribution in [3.63, 3.8) is 0 Å². The normalized spacial score (nSPS) is 12.1. The summed E-state index contributed by atoms with van der Waals surface area (Å²) >= 11 is 0. The molecular weight excluding hydrogens is 576 g/mol. The number of nitro groups is 2. The molecule has 0 radical (unpaired) electrons. The molecule has 4 aromatic rings. The van der Waals surface area contributed by atoms with Crippen LogP contribution in [-0.4, -0.2) is 37.4 Å². The molecule has 0 atom stereocenters. The monoisotopic (exact) mass is 606 g/mol. The van der Waals surface area contributed by atoms with Gasteiger partial charge in [-0.2, -0.15) is 0 Å². The molecule has 4 aromatic carbocycles. The number of phenols is 1. The van der Waals surface area contributed by atoms with Crippen LogP contribution in [-0.2, 0) is 16.3 Å². The van der Waals surface area contributed by atoms with Crippen LogP contribution in [0.3, 0.4) is 0 Å². The number of sulfone groups is 1. The highest BCUT2D eigenvalue weighted by atomic mass is 32.2. The zero-order chi connectivity index (χ0) is 30.7. The minimum Gasteiger partial charge on any atom is -0.531 e. The number of phenolic OH excluding ortho intramolecular Hbond substituents is 1. The number of rotatable bonds is 10. The van der Waals surface area contributed by atoms with Gasteiger partial charge in [0.25, 0.3) is 5.69 Å². The van der Waals surface area contributed by atoms with Gasteiger partial charge in [-0.25, -0.2) is 8.42 Å². The van der Waals surface area contributed by atoms with Crippen LogP contribution in [0, 0.1) is 20.2 Å². The lowest BCUT2D eigenvalue weighted by Crippen LogP contribution is -2.68. The molecule has 4 rings (SSSR count). The van der Waals surface area contributed by atoms with Gasteiger partial charge in [0.05, 0.1) is 20.5 Å². The first-order valence-corrected chi connectivity index (χ1v) is 16.6. The summed E-state index contributed by atoms with van der Waals surface area (Å²) in [4.78, 5) is 21.1. The summed E-state index contributed by atoms with van der Waals surface area (Å²) in [6.45, 7) is 5.94. The third kappa shape index (κ3) is 6.04. The highest BCUT2D eigenvalue weighted by Gasteiger charge is 2.52. The summed E-state index contributed by atoms with van der Waals surface area (Å²) in [6.07, 6.45) is 0.0138. The average Bonchev–Trinajstić information content (AvgIpc) is 2.96. The predicted octanol–water partition coefficient (Wildman–Crippen LogP) is 5.16. The Kier molecular flexibility index (Phi) is 8.50. The highest BCUT2D eigenvalue weighted by Crippen LogP contribution is 2.44. The Balaban J connectivity index is 1.83. The molecule has 0 aliphatic heterocycles. The van der Waals surface area contributed by atoms with Crippen LogP contribution in [0.1, 0.15) is 26.3 Å². The maximum atomic E-state index is 13.5. The summed E-state index contributed by atoms with van der Waals surface area (Å²) in [5.74, 6) is -1.49. The van der Waals surface area contributed by atoms with Gasteiger partial charge in [0, 0.05) is 24.3 Å². The maximum Gasteiger partial charge on any atom is 0.320 e. The van der Waals surface area contributed by atoms with E-state index in [0.717, 1.165) is 22.5 Å². The fourth-order valence-corrected chi connectivity index (χ4v) is 10.7. The molecule has 0 aromatic heterocycles. The van der Waals surface area contributed by atoms with Crippen molar-refractivity contribution in [2.45, 2.75) is 37.1 Å². The van der Waals surface area contributed by atoms with Gasteiger partial charge < -0.3 is 9.53 Å². The van der Waals surface area contributed by atoms with E-state index in [4.69, 9.17) is 4.43 Å². The molecule has 42 heavy (non-hydrogen) atoms. The minimum absolute atomic E-state index is 0.0138. The summed E-state index contributed by atoms with van der Waals surface area (Å²) in [7, 11) is -7.49. The Morgan fingerprint density at radius 1 is 0.810 bits per heavy atom. The maximum absolute atomic E-state index is 13.5. The molecule has 218 valence electrons. The Bertz CT molecular complexity index is 1670. The van der Waals surface area contributed by atoms with Crippen LogP contribution in [0.25, 0.3) is 0 Å². The molecule has 1 N–H and O–H groups in total. The van der Waals surface area contributed by atoms with Crippen molar-refractivity contribution < 1.29 is 27.8 Å². The van der Waals surface area contributed by atoms with Gasteiger partial charge in [0.1, 0.15) is 0 Å². The van der Waals surface area contributed by atoms with E-state index in [0.29, 0.717) is 5.56 Å². The predicted molar refractivity (Wildman–Crippen MR) is 162 cm³/mol. The first-order valence-electron chi connectivity index (χ1n) is 13.0. The molecule has 0 heterocycles. The number of non-ortho nitro benzene ring substituents is 1. The Morgan fingerprint density at radius 3 is 1.79 bits per heavy atom. The van der Waals surface area contributed by atoms with Crippen LogP contribution in [0.5, 0.6) is 11.5 Å². The first-order chi connectivity index (χ1) is 19.8. The number of benzene rings is 4. The molecule has 0 aliphatic carbocycles. The average molecular weight is 607 g/mol. The van der Waals surface area contributed by atoms with E-state index >= 15 is 0 Å². The number of nitro benzene ring substituents is 2. The second-order valence-electron chi connectivity index (χ2n) is 10.8. The molecule has 0 aliphatic rings. The third-order valence-corrected chi connectivity index (χ3v) is 13.7. The molecule has 0 spiro atoms. The minimum atomic E-state index is -4.11. The number of hydrogen-bond donors (Lipinski definition) is 1. The van der Waals surface area contributed by atoms with E-state index in [-0.39, 0.29) is 22.8 Å². The first kappa shape index (κ1) is 30.4. The zero-order valence-corrected chi connectivity index (χ0v) is 25.1. The molecule has 12 heteroatoms. The summed E-state index contributed by atoms with van der Waals surface area (Å²) in [6, 6.07) is 26.2. The lowest BCUT2D eigenvalue weighted by Gasteiger charge is -2.43. The second kappa shape index (κ2) is 11.7. The van der Waals surface area contributed by atoms with Gasteiger partial charge in [0.15, 0.2) is 15.6 Å². The van der Waals surface area contributed by atoms with E-state index in [1.807, 2.05) is 81.4 Å². The van der Waals surface area contributed by atoms with E-state index in [1.54, 1.807) is 0 Å². The fraction of sp³-hybridized carbons (Fsp3) is 0.200. The van der Waals surface area contributed by atoms with Crippen LogP contribution >= 0.6 is 0 Å². The molecule has 0 amide bonds. The number of nitrogens with zero attached hydrogens (tertiary/aromatic N) is 2. The van der Waals surface area contributed by atoms with Crippen LogP contribution in [0.15, 0.2) is 102 Å². The standard InChI is InChI=1S/C30H30N2O8SSi/c1-30(2,3)42(25-10-6-4-7-11-25,26-12-8-5-9-13-26)40-28-21-24(20-27(29(28)33)32(36)37)41(38,39)19-18-22-14-16-23(17-15-22)31(34)35/h4-17,20-21,33H,18-19H2,1-3H3. The van der Waals surface area contributed by atoms with Gasteiger partial charge in [-0.1, -0.05) is 93.6 Å². The molecule has 0 fully saturated rings. The van der Waals surface area contributed by atoms with Crippen molar-refractivity contribution in [3.8, 4) is 11.5 Å². The highest BCUT2D eigenvalue weighted by molar-refractivity contribution is 7.91. The Labute approximate surface area is 244 Å². The topological polar surface area (TPSA) is 150 Å². The molecule has 0 saturated heterocycles. The molecule has 10 nitrogen and oxygen atoms in total. The number of aryl methyl sites for hydroxylation is 1. The third-order valence-electron chi connectivity index (χ3n) is 7.07. The summed E-state index contributed by atoms with van der Waals surface area (Å²) in [5.41, 5.74) is -0.374. The van der Waals surface area contributed by atoms with Crippen LogP contribution in [0.4, 0.5) is 11.4 Å². The van der Waals surface area contributed by atoms with Crippen molar-refractivity contribution >= 4 is 39.9 Å². The quantitative estimate of drug-likeness (QED) is 0.148. The SMILES string of the molecule is CC(C)(C)[Si](Oc1cc(S(=O)(=O)CCc2ccc([N+](=O)[O-])cc2)cc([N+](=O)[O-])c1O)(c1ccccc1)c1ccccc1. The lowest BCUT2D eigenvalue weighted by molar-refractivity contribution is -0.386. The van der Waals surface area contributed by atoms with Crippen LogP contribution < -0.4 is 14.8 Å². The van der Waals surface area contributed by atoms with E-state index < -0.39 is 50.2 Å². The number of hydrogen-bond acceptors (Lipinski definition) is 8. The van der Waals surface area contributed by atoms with E-state index in [2.05, 4.69) is 0 Å². The second-order valence-corrected chi connectivity index (χ2v) is 17.1. The molecule has 0 bridgehead atoms. The van der Waals surface area contributed by atoms with Gasteiger partial charge >= 0.3 is 14.0 Å². The fourth-order valence-electron chi connectivity index (χ4n) is 4.93. The van der Waals surface area contributed by atoms with Crippen molar-refractivity contribution in [2.75, 3.05) is 5.75 Å². The van der Waals surface area contributed by atoms with Crippen molar-refractivity contribution in [1.29, 1.82) is 0 Å². The van der Waals surface area contributed by atoms with Gasteiger partial charge in [-0.05, 0) is 27.4 Å². The van der Waals surface area contributed by atoms with Crippen molar-refractivity contribution in [1.82, 2.24) is 0 Å².